The van der Waals surface area contributed by atoms with E-state index in [0.717, 1.165) is 22.8 Å². The fourth-order valence-electron chi connectivity index (χ4n) is 2.99. The number of ether oxygens (including phenoxy) is 1. The molecule has 0 bridgehead atoms. The van der Waals surface area contributed by atoms with Gasteiger partial charge in [0.05, 0.1) is 12.7 Å². The van der Waals surface area contributed by atoms with Gasteiger partial charge in [-0.15, -0.1) is 0 Å². The van der Waals surface area contributed by atoms with Gasteiger partial charge in [-0.1, -0.05) is 55.5 Å². The summed E-state index contributed by atoms with van der Waals surface area (Å²) in [4.78, 5) is 14.7. The molecule has 3 nitrogen and oxygen atoms in total. The van der Waals surface area contributed by atoms with Crippen LogP contribution in [0.3, 0.4) is 0 Å². The predicted octanol–water partition coefficient (Wildman–Crippen LogP) is 4.68. The van der Waals surface area contributed by atoms with E-state index < -0.39 is 0 Å². The third kappa shape index (κ3) is 3.66. The molecule has 0 saturated heterocycles. The van der Waals surface area contributed by atoms with Crippen molar-refractivity contribution in [2.24, 2.45) is 0 Å². The molecule has 0 aromatic heterocycles. The molecule has 0 aliphatic carbocycles. The second kappa shape index (κ2) is 7.39. The van der Waals surface area contributed by atoms with Crippen LogP contribution in [-0.2, 0) is 13.0 Å². The lowest BCUT2D eigenvalue weighted by atomic mass is 10.0. The molecule has 25 heavy (non-hydrogen) atoms. The molecule has 0 saturated carbocycles. The van der Waals surface area contributed by atoms with E-state index in [4.69, 9.17) is 4.74 Å². The molecule has 3 aromatic rings. The van der Waals surface area contributed by atoms with Gasteiger partial charge >= 0.3 is 0 Å². The van der Waals surface area contributed by atoms with E-state index in [0.29, 0.717) is 17.9 Å². The van der Waals surface area contributed by atoms with Crippen molar-refractivity contribution in [2.45, 2.75) is 19.9 Å². The maximum absolute atomic E-state index is 12.9. The van der Waals surface area contributed by atoms with Gasteiger partial charge in [-0.2, -0.15) is 0 Å². The van der Waals surface area contributed by atoms with Gasteiger partial charge in [0.25, 0.3) is 5.91 Å². The first kappa shape index (κ1) is 17.0. The zero-order chi connectivity index (χ0) is 17.8. The second-order valence-electron chi connectivity index (χ2n) is 6.23. The number of amides is 1. The first-order chi connectivity index (χ1) is 12.1. The van der Waals surface area contributed by atoms with E-state index in [2.05, 4.69) is 31.2 Å². The Labute approximate surface area is 148 Å². The summed E-state index contributed by atoms with van der Waals surface area (Å²) in [5.41, 5.74) is 3.01. The van der Waals surface area contributed by atoms with Gasteiger partial charge < -0.3 is 9.64 Å². The van der Waals surface area contributed by atoms with Crippen molar-refractivity contribution < 1.29 is 9.53 Å². The van der Waals surface area contributed by atoms with Crippen molar-refractivity contribution in [3.63, 3.8) is 0 Å². The summed E-state index contributed by atoms with van der Waals surface area (Å²) >= 11 is 0. The van der Waals surface area contributed by atoms with Crippen LogP contribution in [0.25, 0.3) is 10.8 Å². The van der Waals surface area contributed by atoms with Gasteiger partial charge in [-0.25, -0.2) is 0 Å². The van der Waals surface area contributed by atoms with Crippen molar-refractivity contribution in [3.05, 3.63) is 77.4 Å². The molecule has 0 atom stereocenters. The van der Waals surface area contributed by atoms with Gasteiger partial charge in [0, 0.05) is 13.6 Å². The number of hydrogen-bond acceptors (Lipinski definition) is 2. The molecule has 0 radical (unpaired) electrons. The van der Waals surface area contributed by atoms with E-state index in [9.17, 15) is 4.79 Å². The van der Waals surface area contributed by atoms with Crippen molar-refractivity contribution >= 4 is 16.7 Å². The zero-order valence-corrected chi connectivity index (χ0v) is 15.0. The third-order valence-corrected chi connectivity index (χ3v) is 4.50. The summed E-state index contributed by atoms with van der Waals surface area (Å²) in [6.07, 6.45) is 1.02. The fraction of sp³-hybridized carbons (Fsp3) is 0.227. The Hall–Kier alpha value is -2.81. The highest BCUT2D eigenvalue weighted by atomic mass is 16.5. The molecular weight excluding hydrogens is 310 g/mol. The van der Waals surface area contributed by atoms with Crippen molar-refractivity contribution in [3.8, 4) is 5.75 Å². The highest BCUT2D eigenvalue weighted by Crippen LogP contribution is 2.27. The number of nitrogens with zero attached hydrogens (tertiary/aromatic N) is 1. The molecule has 128 valence electrons. The number of carbonyl (C=O) groups is 1. The number of benzene rings is 3. The molecule has 3 aromatic carbocycles. The maximum atomic E-state index is 12.9. The van der Waals surface area contributed by atoms with Crippen molar-refractivity contribution in [2.75, 3.05) is 14.2 Å². The van der Waals surface area contributed by atoms with Crippen LogP contribution < -0.4 is 4.74 Å². The Kier molecular flexibility index (Phi) is 5.03. The summed E-state index contributed by atoms with van der Waals surface area (Å²) in [5, 5.41) is 2.10. The van der Waals surface area contributed by atoms with E-state index in [1.807, 2.05) is 43.4 Å². The number of aryl methyl sites for hydroxylation is 1. The van der Waals surface area contributed by atoms with Gasteiger partial charge in [-0.3, -0.25) is 4.79 Å². The van der Waals surface area contributed by atoms with Crippen LogP contribution in [0.1, 0.15) is 28.4 Å². The molecular formula is C22H23NO2. The lowest BCUT2D eigenvalue weighted by molar-refractivity contribution is 0.0782. The molecule has 0 aliphatic heterocycles. The van der Waals surface area contributed by atoms with Crippen LogP contribution in [0.2, 0.25) is 0 Å². The standard InChI is InChI=1S/C22H23NO2/c1-4-16-9-11-17(12-10-16)15-23(2)22(24)20-13-18-7-5-6-8-19(18)14-21(20)25-3/h5-14H,4,15H2,1-3H3. The minimum Gasteiger partial charge on any atom is -0.496 e. The molecule has 0 fully saturated rings. The van der Waals surface area contributed by atoms with Gasteiger partial charge in [0.2, 0.25) is 0 Å². The van der Waals surface area contributed by atoms with Crippen LogP contribution in [0.5, 0.6) is 5.75 Å². The SMILES string of the molecule is CCc1ccc(CN(C)C(=O)c2cc3ccccc3cc2OC)cc1. The Morgan fingerprint density at radius 2 is 1.56 bits per heavy atom. The van der Waals surface area contributed by atoms with Crippen LogP contribution in [0.4, 0.5) is 0 Å². The molecule has 0 unspecified atom stereocenters. The Balaban J connectivity index is 1.86. The molecule has 3 heteroatoms. The van der Waals surface area contributed by atoms with Crippen LogP contribution in [0.15, 0.2) is 60.7 Å². The number of methoxy groups -OCH3 is 1. The number of carbonyl (C=O) groups excluding carboxylic acids is 1. The largest absolute Gasteiger partial charge is 0.496 e. The van der Waals surface area contributed by atoms with Gasteiger partial charge in [0.1, 0.15) is 5.75 Å². The van der Waals surface area contributed by atoms with E-state index in [1.165, 1.54) is 5.56 Å². The van der Waals surface area contributed by atoms with Gasteiger partial charge in [-0.05, 0) is 40.5 Å². The minimum absolute atomic E-state index is 0.0397. The lowest BCUT2D eigenvalue weighted by Gasteiger charge is -2.19. The third-order valence-electron chi connectivity index (χ3n) is 4.50. The van der Waals surface area contributed by atoms with E-state index in [1.54, 1.807) is 12.0 Å². The molecule has 0 aliphatic rings. The highest BCUT2D eigenvalue weighted by Gasteiger charge is 2.18. The molecule has 3 rings (SSSR count). The van der Waals surface area contributed by atoms with Crippen molar-refractivity contribution in [1.29, 1.82) is 0 Å². The summed E-state index contributed by atoms with van der Waals surface area (Å²) in [7, 11) is 3.43. The van der Waals surface area contributed by atoms with Gasteiger partial charge in [0.15, 0.2) is 0 Å². The molecule has 0 heterocycles. The molecule has 1 amide bonds. The summed E-state index contributed by atoms with van der Waals surface area (Å²) in [6.45, 7) is 2.70. The molecule has 0 spiro atoms. The first-order valence-electron chi connectivity index (χ1n) is 8.52. The first-order valence-corrected chi connectivity index (χ1v) is 8.52. The molecule has 0 N–H and O–H groups in total. The summed E-state index contributed by atoms with van der Waals surface area (Å²) in [6, 6.07) is 20.2. The Morgan fingerprint density at radius 3 is 2.16 bits per heavy atom. The quantitative estimate of drug-likeness (QED) is 0.678. The fourth-order valence-corrected chi connectivity index (χ4v) is 2.99. The topological polar surface area (TPSA) is 29.5 Å². The summed E-state index contributed by atoms with van der Waals surface area (Å²) < 4.78 is 5.46. The Bertz CT molecular complexity index is 884. The highest BCUT2D eigenvalue weighted by molar-refractivity contribution is 6.01. The summed E-state index contributed by atoms with van der Waals surface area (Å²) in [5.74, 6) is 0.569. The average Bonchev–Trinajstić information content (AvgIpc) is 2.66. The number of fused-ring (bicyclic) bond motifs is 1. The minimum atomic E-state index is -0.0397. The monoisotopic (exact) mass is 333 g/mol. The number of rotatable bonds is 5. The maximum Gasteiger partial charge on any atom is 0.257 e. The van der Waals surface area contributed by atoms with Crippen LogP contribution in [0, 0.1) is 0 Å². The average molecular weight is 333 g/mol. The van der Waals surface area contributed by atoms with Crippen LogP contribution in [-0.4, -0.2) is 25.0 Å². The normalized spacial score (nSPS) is 10.7. The number of hydrogen-bond donors (Lipinski definition) is 0. The van der Waals surface area contributed by atoms with E-state index >= 15 is 0 Å². The Morgan fingerprint density at radius 1 is 0.960 bits per heavy atom. The van der Waals surface area contributed by atoms with Crippen LogP contribution >= 0.6 is 0 Å². The predicted molar refractivity (Wildman–Crippen MR) is 102 cm³/mol. The smallest absolute Gasteiger partial charge is 0.257 e. The zero-order valence-electron chi connectivity index (χ0n) is 15.0. The second-order valence-corrected chi connectivity index (χ2v) is 6.23. The van der Waals surface area contributed by atoms with Crippen molar-refractivity contribution in [1.82, 2.24) is 4.90 Å². The lowest BCUT2D eigenvalue weighted by Crippen LogP contribution is -2.26. The van der Waals surface area contributed by atoms with E-state index in [-0.39, 0.29) is 5.91 Å².